The second kappa shape index (κ2) is 6.24. The van der Waals surface area contributed by atoms with Gasteiger partial charge in [-0.15, -0.1) is 0 Å². The highest BCUT2D eigenvalue weighted by Crippen LogP contribution is 2.24. The number of aliphatic hydroxyl groups is 1. The minimum atomic E-state index is -1.79. The summed E-state index contributed by atoms with van der Waals surface area (Å²) in [6.45, 7) is 1.22. The molecule has 1 atom stereocenters. The lowest BCUT2D eigenvalue weighted by Crippen LogP contribution is -2.60. The third kappa shape index (κ3) is 3.22. The first-order valence-electron chi connectivity index (χ1n) is 7.10. The summed E-state index contributed by atoms with van der Waals surface area (Å²) in [5.74, 6) is -1.39. The molecule has 0 spiro atoms. The molecule has 1 aliphatic rings. The molecule has 0 bridgehead atoms. The van der Waals surface area contributed by atoms with E-state index in [1.54, 1.807) is 29.2 Å². The topological polar surface area (TPSA) is 110 Å². The van der Waals surface area contributed by atoms with Crippen LogP contribution in [0.25, 0.3) is 0 Å². The van der Waals surface area contributed by atoms with Crippen molar-refractivity contribution in [1.82, 2.24) is 4.90 Å². The van der Waals surface area contributed by atoms with Crippen molar-refractivity contribution in [2.75, 3.05) is 13.1 Å². The summed E-state index contributed by atoms with van der Waals surface area (Å²) in [6, 6.07) is 6.68. The number of primary amides is 2. The maximum atomic E-state index is 11.8. The molecular weight excluding hydrogens is 270 g/mol. The summed E-state index contributed by atoms with van der Waals surface area (Å²) in [4.78, 5) is 25.0. The Labute approximate surface area is 123 Å². The van der Waals surface area contributed by atoms with Gasteiger partial charge in [0.25, 0.3) is 5.91 Å². The number of nitrogens with two attached hydrogens (primary N) is 2. The second-order valence-electron chi connectivity index (χ2n) is 5.43. The second-order valence-corrected chi connectivity index (χ2v) is 5.43. The van der Waals surface area contributed by atoms with Gasteiger partial charge in [0.2, 0.25) is 11.6 Å². The summed E-state index contributed by atoms with van der Waals surface area (Å²) in [6.07, 6.45) is 2.85. The van der Waals surface area contributed by atoms with Gasteiger partial charge in [-0.05, 0) is 24.5 Å². The Morgan fingerprint density at radius 3 is 2.33 bits per heavy atom. The molecule has 114 valence electrons. The van der Waals surface area contributed by atoms with E-state index in [1.165, 1.54) is 0 Å². The van der Waals surface area contributed by atoms with Crippen LogP contribution in [0.1, 0.15) is 35.2 Å². The van der Waals surface area contributed by atoms with Crippen LogP contribution in [0.3, 0.4) is 0 Å². The molecule has 1 saturated heterocycles. The highest BCUT2D eigenvalue weighted by Gasteiger charge is 2.41. The molecule has 5 N–H and O–H groups in total. The normalized spacial score (nSPS) is 18.9. The van der Waals surface area contributed by atoms with Crippen LogP contribution in [-0.2, 0) is 11.2 Å². The van der Waals surface area contributed by atoms with Gasteiger partial charge in [0, 0.05) is 25.1 Å². The first-order valence-corrected chi connectivity index (χ1v) is 7.10. The molecule has 1 aromatic carbocycles. The lowest BCUT2D eigenvalue weighted by molar-refractivity contribution is -0.162. The molecule has 0 unspecified atom stereocenters. The molecule has 21 heavy (non-hydrogen) atoms. The maximum Gasteiger partial charge on any atom is 0.265 e. The predicted molar refractivity (Wildman–Crippen MR) is 78.2 cm³/mol. The number of carbonyl (C=O) groups is 2. The summed E-state index contributed by atoms with van der Waals surface area (Å²) in [7, 11) is 0. The van der Waals surface area contributed by atoms with Crippen molar-refractivity contribution in [2.45, 2.75) is 31.4 Å². The lowest BCUT2D eigenvalue weighted by atomic mass is 9.94. The quantitative estimate of drug-likeness (QED) is 0.708. The van der Waals surface area contributed by atoms with E-state index in [0.717, 1.165) is 19.3 Å². The molecule has 0 aliphatic carbocycles. The van der Waals surface area contributed by atoms with E-state index in [-0.39, 0.29) is 6.42 Å². The fourth-order valence-electron chi connectivity index (χ4n) is 2.80. The van der Waals surface area contributed by atoms with Gasteiger partial charge in [-0.3, -0.25) is 14.5 Å². The van der Waals surface area contributed by atoms with E-state index in [0.29, 0.717) is 24.2 Å². The molecule has 0 aromatic heterocycles. The number of nitrogens with zero attached hydrogens (tertiary/aromatic N) is 1. The maximum absolute atomic E-state index is 11.8. The SMILES string of the molecule is NC(=O)c1ccccc1C[C@](O)(C(N)=O)N1CCCCC1. The monoisotopic (exact) mass is 291 g/mol. The van der Waals surface area contributed by atoms with Crippen molar-refractivity contribution < 1.29 is 14.7 Å². The minimum Gasteiger partial charge on any atom is -0.367 e. The molecule has 2 amide bonds. The molecule has 6 heteroatoms. The van der Waals surface area contributed by atoms with Crippen LogP contribution in [0, 0.1) is 0 Å². The number of amides is 2. The number of rotatable bonds is 5. The van der Waals surface area contributed by atoms with Gasteiger partial charge in [-0.1, -0.05) is 24.6 Å². The molecular formula is C15H21N3O3. The fourth-order valence-corrected chi connectivity index (χ4v) is 2.80. The number of carbonyl (C=O) groups excluding carboxylic acids is 2. The summed E-state index contributed by atoms with van der Waals surface area (Å²) >= 11 is 0. The predicted octanol–water partition coefficient (Wildman–Crippen LogP) is -0.0122. The number of piperidine rings is 1. The molecule has 6 nitrogen and oxygen atoms in total. The van der Waals surface area contributed by atoms with Gasteiger partial charge in [0.05, 0.1) is 0 Å². The Bertz CT molecular complexity index is 541. The smallest absolute Gasteiger partial charge is 0.265 e. The Morgan fingerprint density at radius 2 is 1.76 bits per heavy atom. The van der Waals surface area contributed by atoms with Crippen LogP contribution in [0.2, 0.25) is 0 Å². The zero-order chi connectivity index (χ0) is 15.5. The van der Waals surface area contributed by atoms with E-state index in [2.05, 4.69) is 0 Å². The lowest BCUT2D eigenvalue weighted by Gasteiger charge is -2.39. The number of hydrogen-bond acceptors (Lipinski definition) is 4. The van der Waals surface area contributed by atoms with E-state index in [4.69, 9.17) is 11.5 Å². The van der Waals surface area contributed by atoms with Crippen LogP contribution in [0.15, 0.2) is 24.3 Å². The van der Waals surface area contributed by atoms with Crippen molar-refractivity contribution in [3.8, 4) is 0 Å². The highest BCUT2D eigenvalue weighted by atomic mass is 16.3. The Morgan fingerprint density at radius 1 is 1.14 bits per heavy atom. The summed E-state index contributed by atoms with van der Waals surface area (Å²) < 4.78 is 0. The van der Waals surface area contributed by atoms with Crippen molar-refractivity contribution in [1.29, 1.82) is 0 Å². The molecule has 0 radical (unpaired) electrons. The van der Waals surface area contributed by atoms with Crippen LogP contribution >= 0.6 is 0 Å². The first kappa shape index (κ1) is 15.5. The summed E-state index contributed by atoms with van der Waals surface area (Å²) in [5.41, 5.74) is 9.81. The Balaban J connectivity index is 2.32. The van der Waals surface area contributed by atoms with Gasteiger partial charge in [-0.25, -0.2) is 0 Å². The van der Waals surface area contributed by atoms with Gasteiger partial charge in [0.15, 0.2) is 0 Å². The van der Waals surface area contributed by atoms with Crippen LogP contribution in [0.4, 0.5) is 0 Å². The zero-order valence-corrected chi connectivity index (χ0v) is 11.9. The molecule has 1 aliphatic heterocycles. The van der Waals surface area contributed by atoms with Crippen molar-refractivity contribution >= 4 is 11.8 Å². The fraction of sp³-hybridized carbons (Fsp3) is 0.467. The third-order valence-corrected chi connectivity index (χ3v) is 3.99. The number of benzene rings is 1. The first-order chi connectivity index (χ1) is 9.95. The van der Waals surface area contributed by atoms with Gasteiger partial charge in [0.1, 0.15) is 0 Å². The molecule has 1 fully saturated rings. The average molecular weight is 291 g/mol. The highest BCUT2D eigenvalue weighted by molar-refractivity contribution is 5.94. The Kier molecular flexibility index (Phi) is 4.59. The molecule has 0 saturated carbocycles. The molecule has 1 aromatic rings. The largest absolute Gasteiger partial charge is 0.367 e. The average Bonchev–Trinajstić information content (AvgIpc) is 2.48. The van der Waals surface area contributed by atoms with Crippen molar-refractivity contribution in [2.24, 2.45) is 11.5 Å². The van der Waals surface area contributed by atoms with Crippen LogP contribution in [-0.4, -0.2) is 40.6 Å². The van der Waals surface area contributed by atoms with E-state index >= 15 is 0 Å². The number of hydrogen-bond donors (Lipinski definition) is 3. The van der Waals surface area contributed by atoms with E-state index in [1.807, 2.05) is 0 Å². The Hall–Kier alpha value is -1.92. The van der Waals surface area contributed by atoms with Crippen LogP contribution < -0.4 is 11.5 Å². The molecule has 1 heterocycles. The number of likely N-dealkylation sites (tertiary alicyclic amines) is 1. The van der Waals surface area contributed by atoms with Crippen molar-refractivity contribution in [3.63, 3.8) is 0 Å². The standard InChI is InChI=1S/C15H21N3O3/c16-13(19)12-7-3-2-6-11(12)10-15(21,14(17)20)18-8-4-1-5-9-18/h2-3,6-7,21H,1,4-5,8-10H2,(H2,16,19)(H2,17,20)/t15-/m0/s1. The van der Waals surface area contributed by atoms with Gasteiger partial charge in [-0.2, -0.15) is 0 Å². The minimum absolute atomic E-state index is 0.0402. The van der Waals surface area contributed by atoms with Gasteiger partial charge >= 0.3 is 0 Å². The molecule has 2 rings (SSSR count). The van der Waals surface area contributed by atoms with Crippen molar-refractivity contribution in [3.05, 3.63) is 35.4 Å². The van der Waals surface area contributed by atoms with E-state index in [9.17, 15) is 14.7 Å². The summed E-state index contributed by atoms with van der Waals surface area (Å²) in [5, 5.41) is 10.8. The zero-order valence-electron chi connectivity index (χ0n) is 11.9. The van der Waals surface area contributed by atoms with Crippen LogP contribution in [0.5, 0.6) is 0 Å². The van der Waals surface area contributed by atoms with E-state index < -0.39 is 17.5 Å². The van der Waals surface area contributed by atoms with Gasteiger partial charge < -0.3 is 16.6 Å². The third-order valence-electron chi connectivity index (χ3n) is 3.99.